The summed E-state index contributed by atoms with van der Waals surface area (Å²) < 4.78 is 0. The largest absolute Gasteiger partial charge is 0.386 e. The van der Waals surface area contributed by atoms with Gasteiger partial charge in [-0.1, -0.05) is 29.3 Å². The van der Waals surface area contributed by atoms with E-state index in [1.807, 2.05) is 0 Å². The van der Waals surface area contributed by atoms with E-state index < -0.39 is 0 Å². The highest BCUT2D eigenvalue weighted by molar-refractivity contribution is 6.42. The van der Waals surface area contributed by atoms with E-state index in [0.717, 1.165) is 5.56 Å². The lowest BCUT2D eigenvalue weighted by Crippen LogP contribution is -2.12. The molecule has 14 heavy (non-hydrogen) atoms. The first-order chi connectivity index (χ1) is 6.59. The van der Waals surface area contributed by atoms with Crippen LogP contribution in [-0.4, -0.2) is 18.6 Å². The molecule has 0 bridgehead atoms. The molecule has 3 N–H and O–H groups in total. The molecule has 0 heterocycles. The Kier molecular flexibility index (Phi) is 3.92. The zero-order valence-corrected chi connectivity index (χ0v) is 8.81. The molecule has 1 rings (SSSR count). The lowest BCUT2D eigenvalue weighted by molar-refractivity contribution is 1.24. The molecule has 3 nitrogen and oxygen atoms in total. The maximum Gasteiger partial charge on any atom is 0.113 e. The molecule has 0 radical (unpaired) electrons. The first-order valence-electron chi connectivity index (χ1n) is 3.87. The van der Waals surface area contributed by atoms with Crippen molar-refractivity contribution in [2.45, 2.75) is 0 Å². The summed E-state index contributed by atoms with van der Waals surface area (Å²) in [7, 11) is 0. The van der Waals surface area contributed by atoms with E-state index in [0.29, 0.717) is 10.0 Å². The highest BCUT2D eigenvalue weighted by Gasteiger charge is 1.96. The first-order valence-corrected chi connectivity index (χ1v) is 4.63. The molecule has 74 valence electrons. The van der Waals surface area contributed by atoms with Crippen molar-refractivity contribution in [3.05, 3.63) is 33.8 Å². The Morgan fingerprint density at radius 2 is 2.14 bits per heavy atom. The Hall–Kier alpha value is -1.06. The molecule has 0 spiro atoms. The summed E-state index contributed by atoms with van der Waals surface area (Å²) in [6.45, 7) is 0.195. The van der Waals surface area contributed by atoms with Crippen LogP contribution in [-0.2, 0) is 0 Å². The van der Waals surface area contributed by atoms with Crippen LogP contribution >= 0.6 is 23.2 Å². The smallest absolute Gasteiger partial charge is 0.113 e. The van der Waals surface area contributed by atoms with E-state index in [-0.39, 0.29) is 12.4 Å². The van der Waals surface area contributed by atoms with E-state index in [1.165, 1.54) is 0 Å². The zero-order chi connectivity index (χ0) is 10.6. The molecule has 0 aromatic heterocycles. The molecule has 0 atom stereocenters. The third-order valence-corrected chi connectivity index (χ3v) is 2.18. The number of nitrogens with one attached hydrogen (secondary N) is 1. The Morgan fingerprint density at radius 1 is 1.43 bits per heavy atom. The molecule has 0 fully saturated rings. The van der Waals surface area contributed by atoms with Crippen LogP contribution in [0.1, 0.15) is 5.56 Å². The predicted octanol–water partition coefficient (Wildman–Crippen LogP) is 2.35. The summed E-state index contributed by atoms with van der Waals surface area (Å²) in [5.41, 5.74) is 5.97. The third-order valence-electron chi connectivity index (χ3n) is 1.45. The second kappa shape index (κ2) is 4.98. The Bertz CT molecular complexity index is 374. The molecule has 0 unspecified atom stereocenters. The average molecular weight is 230 g/mol. The Labute approximate surface area is 92.1 Å². The van der Waals surface area contributed by atoms with Crippen molar-refractivity contribution in [3.8, 4) is 0 Å². The summed E-state index contributed by atoms with van der Waals surface area (Å²) in [6, 6.07) is 5.18. The number of hydrogen-bond acceptors (Lipinski definition) is 2. The van der Waals surface area contributed by atoms with Gasteiger partial charge in [0.2, 0.25) is 0 Å². The predicted molar refractivity (Wildman–Crippen MR) is 60.8 cm³/mol. The van der Waals surface area contributed by atoms with Gasteiger partial charge in [0.25, 0.3) is 0 Å². The first kappa shape index (κ1) is 11.0. The van der Waals surface area contributed by atoms with Gasteiger partial charge in [0.15, 0.2) is 0 Å². The van der Waals surface area contributed by atoms with Gasteiger partial charge >= 0.3 is 0 Å². The SMILES string of the molecule is N=C(N)CN=Cc1ccc(Cl)c(Cl)c1. The number of rotatable bonds is 3. The second-order valence-corrected chi connectivity index (χ2v) is 3.48. The van der Waals surface area contributed by atoms with E-state index in [9.17, 15) is 0 Å². The van der Waals surface area contributed by atoms with Crippen molar-refractivity contribution in [2.75, 3.05) is 6.54 Å². The van der Waals surface area contributed by atoms with Gasteiger partial charge in [-0.2, -0.15) is 0 Å². The quantitative estimate of drug-likeness (QED) is 0.607. The number of nitrogens with two attached hydrogens (primary N) is 1. The Morgan fingerprint density at radius 3 is 2.71 bits per heavy atom. The van der Waals surface area contributed by atoms with Crippen LogP contribution in [0.3, 0.4) is 0 Å². The highest BCUT2D eigenvalue weighted by Crippen LogP contribution is 2.21. The standard InChI is InChI=1S/C9H9Cl2N3/c10-7-2-1-6(3-8(7)11)4-14-5-9(12)13/h1-4H,5H2,(H3,12,13). The molecule has 0 saturated carbocycles. The average Bonchev–Trinajstić information content (AvgIpc) is 2.10. The molecule has 0 aliphatic carbocycles. The van der Waals surface area contributed by atoms with Gasteiger partial charge < -0.3 is 5.73 Å². The van der Waals surface area contributed by atoms with E-state index in [4.69, 9.17) is 34.3 Å². The van der Waals surface area contributed by atoms with E-state index in [1.54, 1.807) is 24.4 Å². The Balaban J connectivity index is 2.73. The molecule has 0 amide bonds. The van der Waals surface area contributed by atoms with Crippen LogP contribution in [0.2, 0.25) is 10.0 Å². The van der Waals surface area contributed by atoms with Crippen molar-refractivity contribution < 1.29 is 0 Å². The summed E-state index contributed by atoms with van der Waals surface area (Å²) in [6.07, 6.45) is 1.60. The number of benzene rings is 1. The lowest BCUT2D eigenvalue weighted by Gasteiger charge is -1.96. The van der Waals surface area contributed by atoms with Gasteiger partial charge in [-0.05, 0) is 17.7 Å². The van der Waals surface area contributed by atoms with Gasteiger partial charge in [0.05, 0.1) is 16.6 Å². The summed E-state index contributed by atoms with van der Waals surface area (Å²) in [5, 5.41) is 7.95. The van der Waals surface area contributed by atoms with Crippen LogP contribution in [0.15, 0.2) is 23.2 Å². The monoisotopic (exact) mass is 229 g/mol. The van der Waals surface area contributed by atoms with Crippen LogP contribution < -0.4 is 5.73 Å². The molecule has 1 aromatic carbocycles. The minimum Gasteiger partial charge on any atom is -0.386 e. The number of aliphatic imine (C=N–C) groups is 1. The summed E-state index contributed by atoms with van der Waals surface area (Å²) in [5.74, 6) is 0.0290. The van der Waals surface area contributed by atoms with Gasteiger partial charge in [0, 0.05) is 6.21 Å². The van der Waals surface area contributed by atoms with Gasteiger partial charge in [0.1, 0.15) is 5.84 Å². The number of hydrogen-bond donors (Lipinski definition) is 2. The minimum absolute atomic E-state index is 0.0290. The lowest BCUT2D eigenvalue weighted by atomic mass is 10.2. The number of halogens is 2. The summed E-state index contributed by atoms with van der Waals surface area (Å²) in [4.78, 5) is 3.94. The normalized spacial score (nSPS) is 10.7. The molecule has 0 saturated heterocycles. The van der Waals surface area contributed by atoms with E-state index in [2.05, 4.69) is 4.99 Å². The molecule has 0 aliphatic heterocycles. The van der Waals surface area contributed by atoms with Crippen molar-refractivity contribution >= 4 is 35.3 Å². The maximum atomic E-state index is 6.95. The number of amidine groups is 1. The van der Waals surface area contributed by atoms with Gasteiger partial charge in [-0.3, -0.25) is 10.4 Å². The topological polar surface area (TPSA) is 62.2 Å². The zero-order valence-electron chi connectivity index (χ0n) is 7.30. The van der Waals surface area contributed by atoms with Gasteiger partial charge in [-0.15, -0.1) is 0 Å². The van der Waals surface area contributed by atoms with Crippen LogP contribution in [0.25, 0.3) is 0 Å². The van der Waals surface area contributed by atoms with Crippen molar-refractivity contribution in [1.29, 1.82) is 5.41 Å². The highest BCUT2D eigenvalue weighted by atomic mass is 35.5. The minimum atomic E-state index is 0.0290. The van der Waals surface area contributed by atoms with Gasteiger partial charge in [-0.25, -0.2) is 0 Å². The fourth-order valence-corrected chi connectivity index (χ4v) is 1.15. The molecule has 1 aromatic rings. The van der Waals surface area contributed by atoms with E-state index >= 15 is 0 Å². The third kappa shape index (κ3) is 3.36. The van der Waals surface area contributed by atoms with Crippen molar-refractivity contribution in [3.63, 3.8) is 0 Å². The fourth-order valence-electron chi connectivity index (χ4n) is 0.842. The second-order valence-electron chi connectivity index (χ2n) is 2.67. The van der Waals surface area contributed by atoms with Crippen LogP contribution in [0.4, 0.5) is 0 Å². The fraction of sp³-hybridized carbons (Fsp3) is 0.111. The van der Waals surface area contributed by atoms with Crippen LogP contribution in [0, 0.1) is 5.41 Å². The summed E-state index contributed by atoms with van der Waals surface area (Å²) >= 11 is 11.5. The van der Waals surface area contributed by atoms with Crippen molar-refractivity contribution in [1.82, 2.24) is 0 Å². The number of nitrogens with zero attached hydrogens (tertiary/aromatic N) is 1. The molecule has 5 heteroatoms. The van der Waals surface area contributed by atoms with Crippen LogP contribution in [0.5, 0.6) is 0 Å². The maximum absolute atomic E-state index is 6.95. The molecular weight excluding hydrogens is 221 g/mol. The molecule has 0 aliphatic rings. The molecular formula is C9H9Cl2N3. The van der Waals surface area contributed by atoms with Crippen molar-refractivity contribution in [2.24, 2.45) is 10.7 Å².